The molecule has 2 rings (SSSR count). The summed E-state index contributed by atoms with van der Waals surface area (Å²) in [6, 6.07) is 5.07. The molecule has 1 heterocycles. The lowest BCUT2D eigenvalue weighted by Crippen LogP contribution is -2.27. The molecule has 0 aromatic heterocycles. The van der Waals surface area contributed by atoms with E-state index in [1.807, 2.05) is 0 Å². The average Bonchev–Trinajstić information content (AvgIpc) is 3.02. The van der Waals surface area contributed by atoms with Gasteiger partial charge in [-0.1, -0.05) is 6.07 Å². The van der Waals surface area contributed by atoms with Crippen molar-refractivity contribution in [2.45, 2.75) is 45.3 Å². The number of hydrogen-bond donors (Lipinski definition) is 1. The van der Waals surface area contributed by atoms with Crippen LogP contribution >= 0.6 is 0 Å². The Kier molecular flexibility index (Phi) is 6.14. The molecule has 0 amide bonds. The van der Waals surface area contributed by atoms with E-state index in [-0.39, 0.29) is 24.1 Å². The Morgan fingerprint density at radius 2 is 2.21 bits per heavy atom. The molecule has 1 aliphatic heterocycles. The van der Waals surface area contributed by atoms with Crippen LogP contribution in [0.2, 0.25) is 0 Å². The molecule has 1 aliphatic rings. The largest absolute Gasteiger partial charge is 0.479 e. The molecule has 1 atom stereocenters. The van der Waals surface area contributed by atoms with Crippen LogP contribution in [0.1, 0.15) is 33.6 Å². The Labute approximate surface area is 141 Å². The van der Waals surface area contributed by atoms with Gasteiger partial charge in [-0.3, -0.25) is 0 Å². The van der Waals surface area contributed by atoms with Crippen molar-refractivity contribution in [3.05, 3.63) is 23.1 Å². The van der Waals surface area contributed by atoms with Crippen molar-refractivity contribution in [2.24, 2.45) is 5.18 Å². The van der Waals surface area contributed by atoms with Gasteiger partial charge in [-0.2, -0.15) is 0 Å². The second-order valence-electron chi connectivity index (χ2n) is 6.63. The topological polar surface area (TPSA) is 86.2 Å². The van der Waals surface area contributed by atoms with Gasteiger partial charge in [0.15, 0.2) is 18.0 Å². The molecule has 24 heavy (non-hydrogen) atoms. The summed E-state index contributed by atoms with van der Waals surface area (Å²) in [5.74, 6) is -0.259. The van der Waals surface area contributed by atoms with Crippen LogP contribution in [0.5, 0.6) is 5.75 Å². The summed E-state index contributed by atoms with van der Waals surface area (Å²) in [4.78, 5) is 22.9. The molecule has 1 aromatic rings. The molecule has 0 radical (unpaired) electrons. The first-order valence-corrected chi connectivity index (χ1v) is 8.05. The molecule has 0 spiro atoms. The number of hydrogen-bond acceptors (Lipinski definition) is 7. The zero-order chi connectivity index (χ0) is 17.6. The third-order valence-electron chi connectivity index (χ3n) is 3.40. The number of ether oxygens (including phenoxy) is 3. The normalized spacial score (nSPS) is 17.4. The summed E-state index contributed by atoms with van der Waals surface area (Å²) in [6.07, 6.45) is 2.17. The molecule has 0 saturated carbocycles. The Morgan fingerprint density at radius 3 is 2.83 bits per heavy atom. The first kappa shape index (κ1) is 18.2. The quantitative estimate of drug-likeness (QED) is 0.607. The summed E-state index contributed by atoms with van der Waals surface area (Å²) >= 11 is 0. The van der Waals surface area contributed by atoms with Gasteiger partial charge in [0.1, 0.15) is 5.60 Å². The van der Waals surface area contributed by atoms with E-state index in [1.54, 1.807) is 39.0 Å². The lowest BCUT2D eigenvalue weighted by molar-refractivity contribution is -0.157. The van der Waals surface area contributed by atoms with E-state index < -0.39 is 11.6 Å². The minimum atomic E-state index is -0.586. The van der Waals surface area contributed by atoms with Crippen LogP contribution in [0.15, 0.2) is 23.4 Å². The van der Waals surface area contributed by atoms with E-state index in [9.17, 15) is 9.70 Å². The molecular formula is C17H24N2O5. The monoisotopic (exact) mass is 336 g/mol. The van der Waals surface area contributed by atoms with Crippen molar-refractivity contribution in [3.63, 3.8) is 0 Å². The van der Waals surface area contributed by atoms with Gasteiger partial charge < -0.3 is 19.5 Å². The Hall–Kier alpha value is -2.15. The minimum absolute atomic E-state index is 0.135. The summed E-state index contributed by atoms with van der Waals surface area (Å²) in [6.45, 7) is 6.41. The van der Waals surface area contributed by atoms with Gasteiger partial charge in [0.25, 0.3) is 0 Å². The highest BCUT2D eigenvalue weighted by molar-refractivity contribution is 5.75. The van der Waals surface area contributed by atoms with E-state index in [0.29, 0.717) is 12.2 Å². The first-order chi connectivity index (χ1) is 11.4. The van der Waals surface area contributed by atoms with Gasteiger partial charge in [-0.05, 0) is 50.9 Å². The van der Waals surface area contributed by atoms with Crippen molar-refractivity contribution in [2.75, 3.05) is 25.1 Å². The number of carbonyl (C=O) groups is 1. The van der Waals surface area contributed by atoms with Gasteiger partial charge in [0, 0.05) is 13.2 Å². The second kappa shape index (κ2) is 8.10. The van der Waals surface area contributed by atoms with Crippen molar-refractivity contribution in [1.82, 2.24) is 0 Å². The summed E-state index contributed by atoms with van der Waals surface area (Å²) in [5.41, 5.74) is 0.109. The number of nitroso groups, excluding NO2 is 1. The van der Waals surface area contributed by atoms with Crippen molar-refractivity contribution in [1.29, 1.82) is 0 Å². The van der Waals surface area contributed by atoms with Crippen LogP contribution in [0.25, 0.3) is 0 Å². The average molecular weight is 336 g/mol. The standard InChI is InChI=1S/C17H24N2O5/c1-17(2,3)24-15(20)11-23-14-8-4-7-13(16(14)19-21)18-10-12-6-5-9-22-12/h4,7-8,12,18H,5-6,9-11H2,1-3H3/t12-/m0/s1. The molecular weight excluding hydrogens is 312 g/mol. The van der Waals surface area contributed by atoms with Gasteiger partial charge >= 0.3 is 5.97 Å². The highest BCUT2D eigenvalue weighted by Crippen LogP contribution is 2.35. The zero-order valence-electron chi connectivity index (χ0n) is 14.3. The number of esters is 1. The van der Waals surface area contributed by atoms with Gasteiger partial charge in [-0.15, -0.1) is 4.91 Å². The molecule has 7 nitrogen and oxygen atoms in total. The fourth-order valence-corrected chi connectivity index (χ4v) is 2.41. The lowest BCUT2D eigenvalue weighted by Gasteiger charge is -2.20. The van der Waals surface area contributed by atoms with Gasteiger partial charge in [0.05, 0.1) is 11.8 Å². The van der Waals surface area contributed by atoms with Crippen LogP contribution in [0, 0.1) is 4.91 Å². The van der Waals surface area contributed by atoms with Crippen LogP contribution in [-0.2, 0) is 14.3 Å². The van der Waals surface area contributed by atoms with Crippen molar-refractivity contribution in [3.8, 4) is 5.75 Å². The first-order valence-electron chi connectivity index (χ1n) is 8.05. The maximum absolute atomic E-state index is 11.7. The summed E-state index contributed by atoms with van der Waals surface area (Å²) in [5, 5.41) is 6.20. The molecule has 0 unspecified atom stereocenters. The van der Waals surface area contributed by atoms with E-state index >= 15 is 0 Å². The number of carbonyl (C=O) groups excluding carboxylic acids is 1. The molecule has 7 heteroatoms. The number of benzene rings is 1. The Balaban J connectivity index is 1.97. The summed E-state index contributed by atoms with van der Waals surface area (Å²) in [7, 11) is 0. The van der Waals surface area contributed by atoms with E-state index in [4.69, 9.17) is 14.2 Å². The number of nitrogens with zero attached hydrogens (tertiary/aromatic N) is 1. The Bertz CT molecular complexity index is 577. The molecule has 0 aliphatic carbocycles. The van der Waals surface area contributed by atoms with Crippen molar-refractivity contribution < 1.29 is 19.0 Å². The Morgan fingerprint density at radius 1 is 1.42 bits per heavy atom. The fourth-order valence-electron chi connectivity index (χ4n) is 2.41. The lowest BCUT2D eigenvalue weighted by atomic mass is 10.2. The SMILES string of the molecule is CC(C)(C)OC(=O)COc1cccc(NC[C@@H]2CCCO2)c1N=O. The predicted octanol–water partition coefficient (Wildman–Crippen LogP) is 3.40. The summed E-state index contributed by atoms with van der Waals surface area (Å²) < 4.78 is 16.1. The molecule has 0 bridgehead atoms. The molecule has 1 saturated heterocycles. The third-order valence-corrected chi connectivity index (χ3v) is 3.40. The van der Waals surface area contributed by atoms with E-state index in [2.05, 4.69) is 10.5 Å². The van der Waals surface area contributed by atoms with Crippen LogP contribution < -0.4 is 10.1 Å². The molecule has 1 aromatic carbocycles. The number of nitrogens with one attached hydrogen (secondary N) is 1. The maximum Gasteiger partial charge on any atom is 0.344 e. The van der Waals surface area contributed by atoms with Crippen LogP contribution in [0.3, 0.4) is 0 Å². The zero-order valence-corrected chi connectivity index (χ0v) is 14.3. The highest BCUT2D eigenvalue weighted by atomic mass is 16.6. The van der Waals surface area contributed by atoms with Crippen LogP contribution in [0.4, 0.5) is 11.4 Å². The van der Waals surface area contributed by atoms with Crippen molar-refractivity contribution >= 4 is 17.3 Å². The molecule has 132 valence electrons. The minimum Gasteiger partial charge on any atom is -0.479 e. The van der Waals surface area contributed by atoms with E-state index in [1.165, 1.54) is 0 Å². The van der Waals surface area contributed by atoms with E-state index in [0.717, 1.165) is 19.4 Å². The third kappa shape index (κ3) is 5.49. The van der Waals surface area contributed by atoms with Gasteiger partial charge in [0.2, 0.25) is 0 Å². The maximum atomic E-state index is 11.7. The number of anilines is 1. The molecule has 1 N–H and O–H groups in total. The highest BCUT2D eigenvalue weighted by Gasteiger charge is 2.19. The molecule has 1 fully saturated rings. The second-order valence-corrected chi connectivity index (χ2v) is 6.63. The number of rotatable bonds is 7. The predicted molar refractivity (Wildman–Crippen MR) is 90.7 cm³/mol. The van der Waals surface area contributed by atoms with Crippen LogP contribution in [-0.4, -0.2) is 37.4 Å². The fraction of sp³-hybridized carbons (Fsp3) is 0.588. The van der Waals surface area contributed by atoms with Gasteiger partial charge in [-0.25, -0.2) is 4.79 Å². The smallest absolute Gasteiger partial charge is 0.344 e.